The summed E-state index contributed by atoms with van der Waals surface area (Å²) in [6.45, 7) is 5.45. The van der Waals surface area contributed by atoms with E-state index in [4.69, 9.17) is 4.74 Å². The molecule has 0 aliphatic carbocycles. The van der Waals surface area contributed by atoms with Crippen LogP contribution in [0, 0.1) is 0 Å². The summed E-state index contributed by atoms with van der Waals surface area (Å²) >= 11 is 0. The second kappa shape index (κ2) is 10.9. The lowest BCUT2D eigenvalue weighted by Crippen LogP contribution is -2.27. The van der Waals surface area contributed by atoms with Crippen LogP contribution in [0.1, 0.15) is 51.0 Å². The molecule has 8 heteroatoms. The number of nitrogens with zero attached hydrogens (tertiary/aromatic N) is 5. The molecule has 1 fully saturated rings. The van der Waals surface area contributed by atoms with E-state index in [-0.39, 0.29) is 12.5 Å². The van der Waals surface area contributed by atoms with Crippen molar-refractivity contribution < 1.29 is 9.53 Å². The van der Waals surface area contributed by atoms with Gasteiger partial charge in [-0.2, -0.15) is 5.10 Å². The molecule has 2 aromatic heterocycles. The molecular weight excluding hydrogens is 404 g/mol. The van der Waals surface area contributed by atoms with E-state index in [0.29, 0.717) is 12.2 Å². The van der Waals surface area contributed by atoms with E-state index in [1.165, 1.54) is 25.7 Å². The fourth-order valence-corrected chi connectivity index (χ4v) is 3.96. The Labute approximate surface area is 189 Å². The van der Waals surface area contributed by atoms with Gasteiger partial charge in [0.05, 0.1) is 18.2 Å². The molecule has 4 rings (SSSR count). The van der Waals surface area contributed by atoms with Crippen LogP contribution in [0.15, 0.2) is 36.8 Å². The molecule has 170 valence electrons. The lowest BCUT2D eigenvalue weighted by molar-refractivity contribution is -0.121. The third-order valence-electron chi connectivity index (χ3n) is 5.79. The molecule has 0 bridgehead atoms. The average molecular weight is 437 g/mol. The summed E-state index contributed by atoms with van der Waals surface area (Å²) in [5.41, 5.74) is 1.72. The Balaban J connectivity index is 1.35. The van der Waals surface area contributed by atoms with E-state index in [2.05, 4.69) is 32.2 Å². The Hall–Kier alpha value is -3.16. The highest BCUT2D eigenvalue weighted by molar-refractivity contribution is 5.87. The number of hydrogen-bond donors (Lipinski definition) is 1. The molecule has 0 saturated carbocycles. The van der Waals surface area contributed by atoms with Crippen molar-refractivity contribution in [1.82, 2.24) is 25.1 Å². The van der Waals surface area contributed by atoms with Gasteiger partial charge in [0.15, 0.2) is 5.65 Å². The van der Waals surface area contributed by atoms with Crippen molar-refractivity contribution in [3.8, 4) is 5.75 Å². The minimum atomic E-state index is -0.104. The first kappa shape index (κ1) is 22.0. The minimum Gasteiger partial charge on any atom is -0.494 e. The monoisotopic (exact) mass is 436 g/mol. The summed E-state index contributed by atoms with van der Waals surface area (Å²) in [5, 5.41) is 8.30. The fourth-order valence-electron chi connectivity index (χ4n) is 3.96. The van der Waals surface area contributed by atoms with Gasteiger partial charge in [0.2, 0.25) is 5.91 Å². The van der Waals surface area contributed by atoms with Gasteiger partial charge in [0, 0.05) is 19.6 Å². The Morgan fingerprint density at radius 3 is 2.62 bits per heavy atom. The average Bonchev–Trinajstić information content (AvgIpc) is 3.03. The standard InChI is InChI=1S/C24H32N6O2/c1-2-3-14-32-20-10-8-19(9-11-20)15-25-22(31)17-30-24-21(16-28-30)23(26-18-27-24)29-12-6-4-5-7-13-29/h8-11,16,18H,2-7,12-15,17H2,1H3,(H,25,31). The van der Waals surface area contributed by atoms with Crippen molar-refractivity contribution in [1.29, 1.82) is 0 Å². The van der Waals surface area contributed by atoms with Crippen molar-refractivity contribution in [2.75, 3.05) is 24.6 Å². The second-order valence-corrected chi connectivity index (χ2v) is 8.26. The van der Waals surface area contributed by atoms with E-state index in [9.17, 15) is 4.79 Å². The van der Waals surface area contributed by atoms with Crippen molar-refractivity contribution in [2.24, 2.45) is 0 Å². The molecule has 0 spiro atoms. The maximum Gasteiger partial charge on any atom is 0.242 e. The molecular formula is C24H32N6O2. The van der Waals surface area contributed by atoms with Gasteiger partial charge in [-0.05, 0) is 37.0 Å². The summed E-state index contributed by atoms with van der Waals surface area (Å²) in [6, 6.07) is 7.84. The van der Waals surface area contributed by atoms with Crippen molar-refractivity contribution in [2.45, 2.75) is 58.5 Å². The predicted octanol–water partition coefficient (Wildman–Crippen LogP) is 3.70. The number of carbonyl (C=O) groups excluding carboxylic acids is 1. The van der Waals surface area contributed by atoms with Crippen LogP contribution in [0.3, 0.4) is 0 Å². The predicted molar refractivity (Wildman–Crippen MR) is 125 cm³/mol. The van der Waals surface area contributed by atoms with Crippen LogP contribution < -0.4 is 15.0 Å². The number of hydrogen-bond acceptors (Lipinski definition) is 6. The normalized spacial score (nSPS) is 14.3. The Kier molecular flexibility index (Phi) is 7.53. The summed E-state index contributed by atoms with van der Waals surface area (Å²) in [4.78, 5) is 23.8. The molecule has 3 aromatic rings. The number of ether oxygens (including phenoxy) is 1. The highest BCUT2D eigenvalue weighted by Crippen LogP contribution is 2.25. The molecule has 1 aliphatic heterocycles. The highest BCUT2D eigenvalue weighted by Gasteiger charge is 2.18. The van der Waals surface area contributed by atoms with Crippen LogP contribution in [0.25, 0.3) is 11.0 Å². The number of unbranched alkanes of at least 4 members (excludes halogenated alkanes) is 1. The summed E-state index contributed by atoms with van der Waals surface area (Å²) in [7, 11) is 0. The molecule has 0 atom stereocenters. The molecule has 1 aromatic carbocycles. The molecule has 3 heterocycles. The largest absolute Gasteiger partial charge is 0.494 e. The molecule has 8 nitrogen and oxygen atoms in total. The number of amides is 1. The number of anilines is 1. The van der Waals surface area contributed by atoms with Crippen LogP contribution in [0.2, 0.25) is 0 Å². The van der Waals surface area contributed by atoms with Gasteiger partial charge in [-0.3, -0.25) is 4.79 Å². The summed E-state index contributed by atoms with van der Waals surface area (Å²) in [5.74, 6) is 1.68. The third-order valence-corrected chi connectivity index (χ3v) is 5.79. The smallest absolute Gasteiger partial charge is 0.242 e. The van der Waals surface area contributed by atoms with Gasteiger partial charge >= 0.3 is 0 Å². The van der Waals surface area contributed by atoms with Gasteiger partial charge < -0.3 is 15.0 Å². The van der Waals surface area contributed by atoms with E-state index in [0.717, 1.165) is 55.1 Å². The van der Waals surface area contributed by atoms with Gasteiger partial charge in [-0.1, -0.05) is 38.3 Å². The number of nitrogens with one attached hydrogen (secondary N) is 1. The van der Waals surface area contributed by atoms with Gasteiger partial charge in [-0.25, -0.2) is 14.6 Å². The summed E-state index contributed by atoms with van der Waals surface area (Å²) in [6.07, 6.45) is 10.4. The molecule has 1 aliphatic rings. The summed E-state index contributed by atoms with van der Waals surface area (Å²) < 4.78 is 7.34. The van der Waals surface area contributed by atoms with Crippen LogP contribution in [0.4, 0.5) is 5.82 Å². The van der Waals surface area contributed by atoms with Crippen LogP contribution in [-0.4, -0.2) is 45.4 Å². The van der Waals surface area contributed by atoms with E-state index in [1.807, 2.05) is 24.3 Å². The van der Waals surface area contributed by atoms with Gasteiger partial charge in [0.1, 0.15) is 24.4 Å². The lowest BCUT2D eigenvalue weighted by Gasteiger charge is -2.21. The highest BCUT2D eigenvalue weighted by atomic mass is 16.5. The van der Waals surface area contributed by atoms with Crippen molar-refractivity contribution in [3.63, 3.8) is 0 Å². The third kappa shape index (κ3) is 5.55. The molecule has 0 unspecified atom stereocenters. The Bertz CT molecular complexity index is 1010. The first-order valence-electron chi connectivity index (χ1n) is 11.6. The van der Waals surface area contributed by atoms with E-state index >= 15 is 0 Å². The van der Waals surface area contributed by atoms with Gasteiger partial charge in [-0.15, -0.1) is 0 Å². The zero-order chi connectivity index (χ0) is 22.2. The number of carbonyl (C=O) groups is 1. The van der Waals surface area contributed by atoms with Crippen LogP contribution >= 0.6 is 0 Å². The Morgan fingerprint density at radius 1 is 1.09 bits per heavy atom. The molecule has 32 heavy (non-hydrogen) atoms. The van der Waals surface area contributed by atoms with Crippen molar-refractivity contribution >= 4 is 22.8 Å². The molecule has 1 saturated heterocycles. The minimum absolute atomic E-state index is 0.104. The molecule has 1 amide bonds. The maximum absolute atomic E-state index is 12.6. The van der Waals surface area contributed by atoms with Gasteiger partial charge in [0.25, 0.3) is 0 Å². The molecule has 1 N–H and O–H groups in total. The Morgan fingerprint density at radius 2 is 1.88 bits per heavy atom. The quantitative estimate of drug-likeness (QED) is 0.515. The fraction of sp³-hybridized carbons (Fsp3) is 0.500. The number of rotatable bonds is 9. The second-order valence-electron chi connectivity index (χ2n) is 8.26. The van der Waals surface area contributed by atoms with Crippen molar-refractivity contribution in [3.05, 3.63) is 42.4 Å². The van der Waals surface area contributed by atoms with Crippen LogP contribution in [-0.2, 0) is 17.9 Å². The lowest BCUT2D eigenvalue weighted by atomic mass is 10.2. The number of fused-ring (bicyclic) bond motifs is 1. The van der Waals surface area contributed by atoms with E-state index in [1.54, 1.807) is 17.2 Å². The maximum atomic E-state index is 12.6. The molecule has 0 radical (unpaired) electrons. The SMILES string of the molecule is CCCCOc1ccc(CNC(=O)Cn2ncc3c(N4CCCCCC4)ncnc32)cc1. The zero-order valence-corrected chi connectivity index (χ0v) is 18.8. The van der Waals surface area contributed by atoms with Crippen LogP contribution in [0.5, 0.6) is 5.75 Å². The van der Waals surface area contributed by atoms with E-state index < -0.39 is 0 Å². The number of aromatic nitrogens is 4. The topological polar surface area (TPSA) is 85.2 Å². The zero-order valence-electron chi connectivity index (χ0n) is 18.8. The number of benzene rings is 1. The first-order valence-corrected chi connectivity index (χ1v) is 11.6. The first-order chi connectivity index (χ1) is 15.7.